The Kier molecular flexibility index (Phi) is 6.51. The van der Waals surface area contributed by atoms with E-state index in [0.29, 0.717) is 0 Å². The Labute approximate surface area is 161 Å². The van der Waals surface area contributed by atoms with Gasteiger partial charge in [-0.25, -0.2) is 0 Å². The van der Waals surface area contributed by atoms with E-state index in [4.69, 9.17) is 0 Å². The van der Waals surface area contributed by atoms with Crippen molar-refractivity contribution in [3.05, 3.63) is 24.6 Å². The van der Waals surface area contributed by atoms with Gasteiger partial charge in [-0.2, -0.15) is 65.9 Å². The SMILES string of the molecule is C=CCC(C(=O)OC1C(F)(F)C(F)(F)C(F)(F)C(F)(F)C1(F)F)C(F)(F)C(F)=C(F)F. The number of carbonyl (C=O) groups excluding carboxylic acids is 1. The first-order chi connectivity index (χ1) is 13.6. The summed E-state index contributed by atoms with van der Waals surface area (Å²) in [4.78, 5) is 11.6. The molecule has 0 aromatic rings. The average Bonchev–Trinajstić information content (AvgIpc) is 2.61. The first-order valence-corrected chi connectivity index (χ1v) is 7.36. The third kappa shape index (κ3) is 3.52. The zero-order chi connectivity index (χ0) is 25.0. The molecule has 1 aliphatic carbocycles. The van der Waals surface area contributed by atoms with Crippen molar-refractivity contribution in [2.75, 3.05) is 0 Å². The number of halogens is 15. The van der Waals surface area contributed by atoms with E-state index < -0.39 is 71.9 Å². The summed E-state index contributed by atoms with van der Waals surface area (Å²) in [6, 6.07) is 0. The van der Waals surface area contributed by atoms with Crippen molar-refractivity contribution in [2.45, 2.75) is 48.1 Å². The van der Waals surface area contributed by atoms with Crippen LogP contribution in [0.2, 0.25) is 0 Å². The van der Waals surface area contributed by atoms with Gasteiger partial charge in [0, 0.05) is 0 Å². The van der Waals surface area contributed by atoms with E-state index >= 15 is 0 Å². The highest BCUT2D eigenvalue weighted by Crippen LogP contribution is 2.65. The second-order valence-corrected chi connectivity index (χ2v) is 6.06. The van der Waals surface area contributed by atoms with Crippen LogP contribution in [0.1, 0.15) is 6.42 Å². The van der Waals surface area contributed by atoms with Gasteiger partial charge in [0.1, 0.15) is 5.92 Å². The number of esters is 1. The van der Waals surface area contributed by atoms with Crippen LogP contribution in [0.5, 0.6) is 0 Å². The largest absolute Gasteiger partial charge is 0.448 e. The number of allylic oxidation sites excluding steroid dienone is 2. The fourth-order valence-corrected chi connectivity index (χ4v) is 2.36. The van der Waals surface area contributed by atoms with Crippen LogP contribution >= 0.6 is 0 Å². The molecule has 0 bridgehead atoms. The van der Waals surface area contributed by atoms with Crippen LogP contribution in [0.4, 0.5) is 65.9 Å². The molecule has 31 heavy (non-hydrogen) atoms. The fraction of sp³-hybridized carbons (Fsp3) is 0.643. The average molecular weight is 492 g/mol. The molecule has 0 heterocycles. The van der Waals surface area contributed by atoms with E-state index in [-0.39, 0.29) is 6.08 Å². The van der Waals surface area contributed by atoms with E-state index in [1.807, 2.05) is 0 Å². The minimum Gasteiger partial charge on any atom is -0.448 e. The predicted octanol–water partition coefficient (Wildman–Crippen LogP) is 5.99. The fourth-order valence-electron chi connectivity index (χ4n) is 2.36. The molecule has 0 amide bonds. The lowest BCUT2D eigenvalue weighted by atomic mass is 9.80. The van der Waals surface area contributed by atoms with Crippen molar-refractivity contribution in [1.29, 1.82) is 0 Å². The molecule has 180 valence electrons. The number of rotatable bonds is 6. The van der Waals surface area contributed by atoms with Gasteiger partial charge in [0.05, 0.1) is 0 Å². The Morgan fingerprint density at radius 2 is 1.26 bits per heavy atom. The second-order valence-electron chi connectivity index (χ2n) is 6.06. The lowest BCUT2D eigenvalue weighted by Gasteiger charge is -2.49. The van der Waals surface area contributed by atoms with Gasteiger partial charge >= 0.3 is 47.6 Å². The van der Waals surface area contributed by atoms with Crippen molar-refractivity contribution in [2.24, 2.45) is 5.92 Å². The number of hydrogen-bond acceptors (Lipinski definition) is 2. The molecule has 17 heteroatoms. The number of hydrogen-bond donors (Lipinski definition) is 0. The third-order valence-electron chi connectivity index (χ3n) is 4.10. The van der Waals surface area contributed by atoms with E-state index in [1.54, 1.807) is 0 Å². The lowest BCUT2D eigenvalue weighted by molar-refractivity contribution is -0.469. The van der Waals surface area contributed by atoms with Gasteiger partial charge in [0.15, 0.2) is 0 Å². The van der Waals surface area contributed by atoms with Crippen molar-refractivity contribution in [3.63, 3.8) is 0 Å². The van der Waals surface area contributed by atoms with Crippen LogP contribution in [-0.4, -0.2) is 47.6 Å². The summed E-state index contributed by atoms with van der Waals surface area (Å²) in [6.07, 6.45) is -10.8. The zero-order valence-corrected chi connectivity index (χ0v) is 14.1. The first kappa shape index (κ1) is 26.9. The van der Waals surface area contributed by atoms with Crippen molar-refractivity contribution in [3.8, 4) is 0 Å². The highest BCUT2D eigenvalue weighted by molar-refractivity contribution is 5.75. The Hall–Kier alpha value is -2.10. The van der Waals surface area contributed by atoms with E-state index in [0.717, 1.165) is 0 Å². The van der Waals surface area contributed by atoms with Crippen LogP contribution in [0, 0.1) is 5.92 Å². The summed E-state index contributed by atoms with van der Waals surface area (Å²) < 4.78 is 201. The molecular formula is C14H7F15O2. The van der Waals surface area contributed by atoms with Crippen LogP contribution in [0.3, 0.4) is 0 Å². The van der Waals surface area contributed by atoms with E-state index in [2.05, 4.69) is 11.3 Å². The van der Waals surface area contributed by atoms with Crippen molar-refractivity contribution >= 4 is 5.97 Å². The predicted molar refractivity (Wildman–Crippen MR) is 68.2 cm³/mol. The molecule has 0 aliphatic heterocycles. The van der Waals surface area contributed by atoms with Gasteiger partial charge in [-0.1, -0.05) is 6.08 Å². The molecule has 0 saturated heterocycles. The zero-order valence-electron chi connectivity index (χ0n) is 14.1. The van der Waals surface area contributed by atoms with Crippen LogP contribution < -0.4 is 0 Å². The molecule has 0 N–H and O–H groups in total. The van der Waals surface area contributed by atoms with Crippen molar-refractivity contribution < 1.29 is 75.4 Å². The van der Waals surface area contributed by atoms with Gasteiger partial charge in [0.25, 0.3) is 0 Å². The molecule has 1 atom stereocenters. The van der Waals surface area contributed by atoms with Gasteiger partial charge in [-0.3, -0.25) is 4.79 Å². The minimum atomic E-state index is -7.42. The molecule has 0 radical (unpaired) electrons. The quantitative estimate of drug-likeness (QED) is 0.259. The summed E-state index contributed by atoms with van der Waals surface area (Å²) >= 11 is 0. The molecule has 1 aliphatic rings. The highest BCUT2D eigenvalue weighted by atomic mass is 19.4. The molecule has 0 spiro atoms. The maximum Gasteiger partial charge on any atom is 0.384 e. The third-order valence-corrected chi connectivity index (χ3v) is 4.10. The number of ether oxygens (including phenoxy) is 1. The van der Waals surface area contributed by atoms with Crippen LogP contribution in [0.25, 0.3) is 0 Å². The molecule has 2 nitrogen and oxygen atoms in total. The maximum absolute atomic E-state index is 13.7. The topological polar surface area (TPSA) is 26.3 Å². The summed E-state index contributed by atoms with van der Waals surface area (Å²) in [5, 5.41) is 0. The Morgan fingerprint density at radius 1 is 0.871 bits per heavy atom. The molecule has 1 saturated carbocycles. The Balaban J connectivity index is 3.58. The summed E-state index contributed by atoms with van der Waals surface area (Å²) in [7, 11) is 0. The van der Waals surface area contributed by atoms with Gasteiger partial charge in [-0.05, 0) is 6.42 Å². The van der Waals surface area contributed by atoms with Crippen LogP contribution in [0.15, 0.2) is 24.6 Å². The van der Waals surface area contributed by atoms with Gasteiger partial charge < -0.3 is 4.74 Å². The minimum absolute atomic E-state index is 0.178. The molecule has 1 unspecified atom stereocenters. The van der Waals surface area contributed by atoms with E-state index in [1.165, 1.54) is 0 Å². The number of alkyl halides is 12. The standard InChI is InChI=1S/C14H7F15O2/c1-2-3-4(9(18,19)5(15)6(16)17)7(30)31-8-10(20,21)12(24,25)14(28,29)13(26,27)11(8,22)23/h2,4,8H,1,3H2. The van der Waals surface area contributed by atoms with Crippen LogP contribution in [-0.2, 0) is 9.53 Å². The first-order valence-electron chi connectivity index (χ1n) is 7.36. The summed E-state index contributed by atoms with van der Waals surface area (Å²) in [5.41, 5.74) is 0. The smallest absolute Gasteiger partial charge is 0.384 e. The Bertz CT molecular complexity index is 736. The maximum atomic E-state index is 13.7. The normalized spacial score (nSPS) is 24.7. The van der Waals surface area contributed by atoms with Crippen molar-refractivity contribution in [1.82, 2.24) is 0 Å². The summed E-state index contributed by atoms with van der Waals surface area (Å²) in [5.74, 6) is -52.6. The molecule has 0 aromatic heterocycles. The monoisotopic (exact) mass is 492 g/mol. The lowest BCUT2D eigenvalue weighted by Crippen LogP contribution is -2.80. The molecular weight excluding hydrogens is 485 g/mol. The molecule has 0 aromatic carbocycles. The van der Waals surface area contributed by atoms with E-state index in [9.17, 15) is 70.7 Å². The highest BCUT2D eigenvalue weighted by Gasteiger charge is 2.96. The second kappa shape index (κ2) is 7.50. The van der Waals surface area contributed by atoms with Gasteiger partial charge in [0.2, 0.25) is 11.9 Å². The molecule has 1 fully saturated rings. The number of carbonyl (C=O) groups is 1. The summed E-state index contributed by atoms with van der Waals surface area (Å²) in [6.45, 7) is 2.67. The molecule has 1 rings (SSSR count). The van der Waals surface area contributed by atoms with Gasteiger partial charge in [-0.15, -0.1) is 6.58 Å². The Morgan fingerprint density at radius 3 is 1.58 bits per heavy atom.